The quantitative estimate of drug-likeness (QED) is 0.907. The Bertz CT molecular complexity index is 683. The molecule has 0 aliphatic carbocycles. The van der Waals surface area contributed by atoms with Crippen molar-refractivity contribution in [2.24, 2.45) is 0 Å². The van der Waals surface area contributed by atoms with Crippen LogP contribution in [0.4, 0.5) is 0 Å². The molecule has 19 heavy (non-hydrogen) atoms. The molecule has 2 N–H and O–H groups in total. The topological polar surface area (TPSA) is 79.5 Å². The van der Waals surface area contributed by atoms with Crippen molar-refractivity contribution < 1.29 is 17.9 Å². The fourth-order valence-electron chi connectivity index (χ4n) is 1.40. The number of aromatic hydroxyl groups is 1. The highest BCUT2D eigenvalue weighted by molar-refractivity contribution is 7.89. The molecular weight excluding hydrogens is 313 g/mol. The van der Waals surface area contributed by atoms with E-state index in [9.17, 15) is 13.5 Å². The summed E-state index contributed by atoms with van der Waals surface area (Å²) in [6.45, 7) is -0.0428. The number of furan rings is 1. The number of sulfonamides is 1. The lowest BCUT2D eigenvalue weighted by Crippen LogP contribution is -2.23. The van der Waals surface area contributed by atoms with Gasteiger partial charge >= 0.3 is 0 Å². The first-order valence-electron chi connectivity index (χ1n) is 5.10. The van der Waals surface area contributed by atoms with Crippen molar-refractivity contribution in [3.63, 3.8) is 0 Å². The number of halogens is 2. The van der Waals surface area contributed by atoms with Crippen molar-refractivity contribution in [3.8, 4) is 5.75 Å². The Kier molecular flexibility index (Phi) is 4.05. The minimum atomic E-state index is -3.94. The predicted octanol–water partition coefficient (Wildman–Crippen LogP) is 2.77. The molecule has 2 rings (SSSR count). The lowest BCUT2D eigenvalue weighted by atomic mass is 10.3. The van der Waals surface area contributed by atoms with Gasteiger partial charge in [-0.25, -0.2) is 13.1 Å². The zero-order chi connectivity index (χ0) is 14.0. The van der Waals surface area contributed by atoms with Gasteiger partial charge in [-0.15, -0.1) is 0 Å². The standard InChI is InChI=1S/C11H9Cl2NO4S/c12-7-4-9(13)11(15)10(5-7)19(16,17)14-6-8-2-1-3-18-8/h1-5,14-15H,6H2. The van der Waals surface area contributed by atoms with E-state index in [1.54, 1.807) is 12.1 Å². The molecule has 1 aromatic carbocycles. The molecule has 2 aromatic rings. The number of benzene rings is 1. The summed E-state index contributed by atoms with van der Waals surface area (Å²) in [5.41, 5.74) is 0. The molecule has 5 nitrogen and oxygen atoms in total. The van der Waals surface area contributed by atoms with Crippen molar-refractivity contribution in [1.29, 1.82) is 0 Å². The van der Waals surface area contributed by atoms with Crippen LogP contribution in [-0.4, -0.2) is 13.5 Å². The maximum atomic E-state index is 12.0. The van der Waals surface area contributed by atoms with Crippen LogP contribution in [0.25, 0.3) is 0 Å². The molecule has 0 spiro atoms. The zero-order valence-electron chi connectivity index (χ0n) is 9.43. The Balaban J connectivity index is 2.29. The molecule has 102 valence electrons. The van der Waals surface area contributed by atoms with Crippen LogP contribution in [0.3, 0.4) is 0 Å². The second kappa shape index (κ2) is 5.42. The van der Waals surface area contributed by atoms with Crippen molar-refractivity contribution in [2.75, 3.05) is 0 Å². The van der Waals surface area contributed by atoms with E-state index in [2.05, 4.69) is 4.72 Å². The molecule has 0 saturated carbocycles. The molecule has 0 aliphatic heterocycles. The van der Waals surface area contributed by atoms with Crippen molar-refractivity contribution >= 4 is 33.2 Å². The molecule has 1 heterocycles. The smallest absolute Gasteiger partial charge is 0.244 e. The second-order valence-electron chi connectivity index (χ2n) is 3.64. The summed E-state index contributed by atoms with van der Waals surface area (Å²) < 4.78 is 31.3. The highest BCUT2D eigenvalue weighted by atomic mass is 35.5. The molecule has 0 unspecified atom stereocenters. The highest BCUT2D eigenvalue weighted by Crippen LogP contribution is 2.34. The van der Waals surface area contributed by atoms with Gasteiger partial charge in [0.05, 0.1) is 17.8 Å². The summed E-state index contributed by atoms with van der Waals surface area (Å²) in [6.07, 6.45) is 1.43. The van der Waals surface area contributed by atoms with Gasteiger partial charge in [0.1, 0.15) is 10.7 Å². The van der Waals surface area contributed by atoms with Gasteiger partial charge in [-0.2, -0.15) is 0 Å². The molecule has 0 amide bonds. The van der Waals surface area contributed by atoms with Crippen LogP contribution < -0.4 is 4.72 Å². The molecular formula is C11H9Cl2NO4S. The monoisotopic (exact) mass is 321 g/mol. The van der Waals surface area contributed by atoms with Crippen LogP contribution in [0.2, 0.25) is 10.0 Å². The maximum Gasteiger partial charge on any atom is 0.244 e. The minimum Gasteiger partial charge on any atom is -0.505 e. The number of hydrogen-bond donors (Lipinski definition) is 2. The summed E-state index contributed by atoms with van der Waals surface area (Å²) in [5, 5.41) is 9.66. The van der Waals surface area contributed by atoms with E-state index in [-0.39, 0.29) is 21.5 Å². The van der Waals surface area contributed by atoms with Gasteiger partial charge in [0, 0.05) is 5.02 Å². The maximum absolute atomic E-state index is 12.0. The summed E-state index contributed by atoms with van der Waals surface area (Å²) in [6, 6.07) is 5.63. The van der Waals surface area contributed by atoms with Crippen LogP contribution in [-0.2, 0) is 16.6 Å². The third-order valence-corrected chi connectivity index (χ3v) is 4.22. The fraction of sp³-hybridized carbons (Fsp3) is 0.0909. The zero-order valence-corrected chi connectivity index (χ0v) is 11.8. The van der Waals surface area contributed by atoms with E-state index in [1.807, 2.05) is 0 Å². The van der Waals surface area contributed by atoms with Crippen LogP contribution in [0.15, 0.2) is 39.8 Å². The molecule has 0 bridgehead atoms. The molecule has 0 aliphatic rings. The first-order chi connectivity index (χ1) is 8.90. The molecule has 0 fully saturated rings. The van der Waals surface area contributed by atoms with Gasteiger partial charge < -0.3 is 9.52 Å². The van der Waals surface area contributed by atoms with E-state index >= 15 is 0 Å². The first-order valence-corrected chi connectivity index (χ1v) is 7.34. The van der Waals surface area contributed by atoms with E-state index in [0.29, 0.717) is 5.76 Å². The Hall–Kier alpha value is -1.21. The van der Waals surface area contributed by atoms with Gasteiger partial charge in [0.2, 0.25) is 10.0 Å². The normalized spacial score (nSPS) is 11.7. The minimum absolute atomic E-state index is 0.0428. The van der Waals surface area contributed by atoms with Gasteiger partial charge in [-0.1, -0.05) is 23.2 Å². The average molecular weight is 322 g/mol. The van der Waals surface area contributed by atoms with E-state index in [4.69, 9.17) is 27.6 Å². The Morgan fingerprint density at radius 2 is 2.05 bits per heavy atom. The van der Waals surface area contributed by atoms with Gasteiger partial charge in [0.25, 0.3) is 0 Å². The fourth-order valence-corrected chi connectivity index (χ4v) is 3.15. The summed E-state index contributed by atoms with van der Waals surface area (Å²) in [7, 11) is -3.94. The first kappa shape index (κ1) is 14.2. The number of phenolic OH excluding ortho intramolecular Hbond substituents is 1. The predicted molar refractivity (Wildman–Crippen MR) is 70.9 cm³/mol. The Morgan fingerprint density at radius 3 is 2.68 bits per heavy atom. The van der Waals surface area contributed by atoms with Gasteiger partial charge in [-0.3, -0.25) is 0 Å². The largest absolute Gasteiger partial charge is 0.505 e. The lowest BCUT2D eigenvalue weighted by molar-refractivity contribution is 0.457. The van der Waals surface area contributed by atoms with Gasteiger partial charge in [0.15, 0.2) is 5.75 Å². The van der Waals surface area contributed by atoms with Crippen molar-refractivity contribution in [1.82, 2.24) is 4.72 Å². The lowest BCUT2D eigenvalue weighted by Gasteiger charge is -2.09. The number of nitrogens with one attached hydrogen (secondary N) is 1. The van der Waals surface area contributed by atoms with E-state index < -0.39 is 15.8 Å². The van der Waals surface area contributed by atoms with Crippen molar-refractivity contribution in [3.05, 3.63) is 46.3 Å². The van der Waals surface area contributed by atoms with Crippen molar-refractivity contribution in [2.45, 2.75) is 11.4 Å². The summed E-state index contributed by atoms with van der Waals surface area (Å²) in [4.78, 5) is -0.378. The Morgan fingerprint density at radius 1 is 1.32 bits per heavy atom. The highest BCUT2D eigenvalue weighted by Gasteiger charge is 2.21. The second-order valence-corrected chi connectivity index (χ2v) is 6.22. The molecule has 1 aromatic heterocycles. The summed E-state index contributed by atoms with van der Waals surface area (Å²) in [5.74, 6) is -0.103. The third-order valence-electron chi connectivity index (χ3n) is 2.30. The van der Waals surface area contributed by atoms with Crippen LogP contribution in [0, 0.1) is 0 Å². The summed E-state index contributed by atoms with van der Waals surface area (Å²) >= 11 is 11.4. The SMILES string of the molecule is O=S(=O)(NCc1ccco1)c1cc(Cl)cc(Cl)c1O. The number of hydrogen-bond acceptors (Lipinski definition) is 4. The van der Waals surface area contributed by atoms with Gasteiger partial charge in [-0.05, 0) is 24.3 Å². The molecule has 0 saturated heterocycles. The molecule has 0 radical (unpaired) electrons. The van der Waals surface area contributed by atoms with E-state index in [1.165, 1.54) is 12.3 Å². The van der Waals surface area contributed by atoms with Crippen LogP contribution >= 0.6 is 23.2 Å². The third kappa shape index (κ3) is 3.22. The Labute approximate surface area is 119 Å². The number of phenols is 1. The van der Waals surface area contributed by atoms with Crippen LogP contribution in [0.1, 0.15) is 5.76 Å². The number of rotatable bonds is 4. The van der Waals surface area contributed by atoms with E-state index in [0.717, 1.165) is 6.07 Å². The van der Waals surface area contributed by atoms with Crippen LogP contribution in [0.5, 0.6) is 5.75 Å². The molecule has 8 heteroatoms. The average Bonchev–Trinajstić information content (AvgIpc) is 2.84. The molecule has 0 atom stereocenters.